The summed E-state index contributed by atoms with van der Waals surface area (Å²) in [7, 11) is 0. The number of anilines is 1. The minimum atomic E-state index is -1.08. The van der Waals surface area contributed by atoms with E-state index in [-0.39, 0.29) is 0 Å². The van der Waals surface area contributed by atoms with E-state index in [1.165, 1.54) is 6.92 Å². The maximum absolute atomic E-state index is 11.4. The van der Waals surface area contributed by atoms with Gasteiger partial charge in [0.1, 0.15) is 6.04 Å². The van der Waals surface area contributed by atoms with Crippen LogP contribution in [0.4, 0.5) is 10.5 Å². The van der Waals surface area contributed by atoms with Gasteiger partial charge >= 0.3 is 12.0 Å². The van der Waals surface area contributed by atoms with Gasteiger partial charge in [-0.15, -0.1) is 0 Å². The third-order valence-corrected chi connectivity index (χ3v) is 2.48. The van der Waals surface area contributed by atoms with E-state index in [2.05, 4.69) is 26.6 Å². The summed E-state index contributed by atoms with van der Waals surface area (Å²) in [6, 6.07) is 3.96. The van der Waals surface area contributed by atoms with Gasteiger partial charge in [0.25, 0.3) is 0 Å². The lowest BCUT2D eigenvalue weighted by atomic mass is 10.2. The summed E-state index contributed by atoms with van der Waals surface area (Å²) in [5.41, 5.74) is 1.59. The Bertz CT molecular complexity index is 428. The molecule has 0 saturated carbocycles. The number of nitrogens with one attached hydrogen (secondary N) is 2. The number of amides is 2. The molecule has 0 aliphatic heterocycles. The number of carboxylic acids is 1. The first kappa shape index (κ1) is 13.5. The van der Waals surface area contributed by atoms with E-state index in [4.69, 9.17) is 5.11 Å². The fourth-order valence-electron chi connectivity index (χ4n) is 1.23. The highest BCUT2D eigenvalue weighted by atomic mass is 79.9. The number of hydrogen-bond donors (Lipinski definition) is 3. The first-order valence-electron chi connectivity index (χ1n) is 4.96. The highest BCUT2D eigenvalue weighted by molar-refractivity contribution is 9.10. The van der Waals surface area contributed by atoms with Crippen LogP contribution in [0.15, 0.2) is 22.7 Å². The fourth-order valence-corrected chi connectivity index (χ4v) is 1.84. The molecule has 0 aliphatic rings. The Balaban J connectivity index is 2.65. The Morgan fingerprint density at radius 2 is 2.00 bits per heavy atom. The van der Waals surface area contributed by atoms with Crippen molar-refractivity contribution < 1.29 is 14.7 Å². The van der Waals surface area contributed by atoms with E-state index >= 15 is 0 Å². The highest BCUT2D eigenvalue weighted by Gasteiger charge is 2.13. The lowest BCUT2D eigenvalue weighted by Crippen LogP contribution is -2.40. The molecule has 5 nitrogen and oxygen atoms in total. The standard InChI is InChI=1S/C11H13BrN2O3/c1-6-3-8(12)5-9(4-6)14-11(17)13-7(2)10(15)16/h3-5,7H,1-2H3,(H,15,16)(H2,13,14,17)/t7-/m0/s1. The van der Waals surface area contributed by atoms with Crippen LogP contribution in [0.2, 0.25) is 0 Å². The predicted molar refractivity (Wildman–Crippen MR) is 68.1 cm³/mol. The number of benzene rings is 1. The summed E-state index contributed by atoms with van der Waals surface area (Å²) in [5, 5.41) is 13.5. The summed E-state index contributed by atoms with van der Waals surface area (Å²) in [6.45, 7) is 3.29. The SMILES string of the molecule is Cc1cc(Br)cc(NC(=O)N[C@@H](C)C(=O)O)c1. The largest absolute Gasteiger partial charge is 0.480 e. The maximum atomic E-state index is 11.4. The van der Waals surface area contributed by atoms with Gasteiger partial charge in [-0.2, -0.15) is 0 Å². The van der Waals surface area contributed by atoms with Crippen LogP contribution < -0.4 is 10.6 Å². The Kier molecular flexibility index (Phi) is 4.51. The molecular weight excluding hydrogens is 288 g/mol. The zero-order chi connectivity index (χ0) is 13.0. The molecule has 0 fully saturated rings. The Morgan fingerprint density at radius 3 is 2.53 bits per heavy atom. The second kappa shape index (κ2) is 5.67. The van der Waals surface area contributed by atoms with Crippen LogP contribution in [0.25, 0.3) is 0 Å². The molecular formula is C11H13BrN2O3. The highest BCUT2D eigenvalue weighted by Crippen LogP contribution is 2.18. The minimum Gasteiger partial charge on any atom is -0.480 e. The van der Waals surface area contributed by atoms with Gasteiger partial charge in [-0.25, -0.2) is 4.79 Å². The molecule has 3 N–H and O–H groups in total. The van der Waals surface area contributed by atoms with Gasteiger partial charge in [0.05, 0.1) is 0 Å². The van der Waals surface area contributed by atoms with Crippen LogP contribution in [0, 0.1) is 6.92 Å². The summed E-state index contributed by atoms with van der Waals surface area (Å²) in [5.74, 6) is -1.08. The topological polar surface area (TPSA) is 78.4 Å². The Hall–Kier alpha value is -1.56. The van der Waals surface area contributed by atoms with Crippen LogP contribution >= 0.6 is 15.9 Å². The normalized spacial score (nSPS) is 11.7. The maximum Gasteiger partial charge on any atom is 0.325 e. The molecule has 0 heterocycles. The van der Waals surface area contributed by atoms with Crippen molar-refractivity contribution in [2.45, 2.75) is 19.9 Å². The molecule has 1 aromatic rings. The van der Waals surface area contributed by atoms with Gasteiger partial charge in [-0.3, -0.25) is 4.79 Å². The molecule has 0 aromatic heterocycles. The molecule has 0 saturated heterocycles. The second-order valence-corrected chi connectivity index (χ2v) is 4.59. The fraction of sp³-hybridized carbons (Fsp3) is 0.273. The molecule has 0 spiro atoms. The van der Waals surface area contributed by atoms with Crippen molar-refractivity contribution in [1.82, 2.24) is 5.32 Å². The van der Waals surface area contributed by atoms with Crippen molar-refractivity contribution in [2.75, 3.05) is 5.32 Å². The summed E-state index contributed by atoms with van der Waals surface area (Å²) in [4.78, 5) is 22.0. The van der Waals surface area contributed by atoms with Crippen molar-refractivity contribution in [2.24, 2.45) is 0 Å². The lowest BCUT2D eigenvalue weighted by Gasteiger charge is -2.11. The molecule has 6 heteroatoms. The number of carboxylic acid groups (broad SMARTS) is 1. The van der Waals surface area contributed by atoms with Crippen molar-refractivity contribution in [1.29, 1.82) is 0 Å². The molecule has 1 aromatic carbocycles. The van der Waals surface area contributed by atoms with Gasteiger partial charge in [0.15, 0.2) is 0 Å². The third-order valence-electron chi connectivity index (χ3n) is 2.02. The van der Waals surface area contributed by atoms with Crippen LogP contribution in [0.3, 0.4) is 0 Å². The van der Waals surface area contributed by atoms with Gasteiger partial charge in [-0.05, 0) is 37.6 Å². The minimum absolute atomic E-state index is 0.544. The monoisotopic (exact) mass is 300 g/mol. The molecule has 1 atom stereocenters. The number of carbonyl (C=O) groups excluding carboxylic acids is 1. The van der Waals surface area contributed by atoms with E-state index in [0.29, 0.717) is 5.69 Å². The van der Waals surface area contributed by atoms with Crippen molar-refractivity contribution in [3.8, 4) is 0 Å². The molecule has 17 heavy (non-hydrogen) atoms. The van der Waals surface area contributed by atoms with Crippen LogP contribution in [0.1, 0.15) is 12.5 Å². The van der Waals surface area contributed by atoms with E-state index in [0.717, 1.165) is 10.0 Å². The van der Waals surface area contributed by atoms with Crippen LogP contribution in [-0.4, -0.2) is 23.1 Å². The molecule has 1 rings (SSSR count). The third kappa shape index (κ3) is 4.44. The zero-order valence-corrected chi connectivity index (χ0v) is 11.0. The summed E-state index contributed by atoms with van der Waals surface area (Å²) >= 11 is 3.31. The number of carbonyl (C=O) groups is 2. The van der Waals surface area contributed by atoms with Crippen LogP contribution in [-0.2, 0) is 4.79 Å². The number of aryl methyl sites for hydroxylation is 1. The lowest BCUT2D eigenvalue weighted by molar-refractivity contribution is -0.138. The summed E-state index contributed by atoms with van der Waals surface area (Å²) < 4.78 is 0.846. The molecule has 0 radical (unpaired) electrons. The van der Waals surface area contributed by atoms with Gasteiger partial charge in [0, 0.05) is 10.2 Å². The Morgan fingerprint density at radius 1 is 1.35 bits per heavy atom. The number of halogens is 1. The van der Waals surface area contributed by atoms with Gasteiger partial charge in [-0.1, -0.05) is 15.9 Å². The average Bonchev–Trinajstić information content (AvgIpc) is 2.14. The first-order chi connectivity index (χ1) is 7.88. The van der Waals surface area contributed by atoms with Gasteiger partial charge in [0.2, 0.25) is 0 Å². The zero-order valence-electron chi connectivity index (χ0n) is 9.45. The predicted octanol–water partition coefficient (Wildman–Crippen LogP) is 2.35. The number of rotatable bonds is 3. The van der Waals surface area contributed by atoms with Crippen LogP contribution in [0.5, 0.6) is 0 Å². The quantitative estimate of drug-likeness (QED) is 0.802. The Labute approximate surface area is 107 Å². The molecule has 92 valence electrons. The van der Waals surface area contributed by atoms with Gasteiger partial charge < -0.3 is 15.7 Å². The van der Waals surface area contributed by atoms with Crippen molar-refractivity contribution in [3.05, 3.63) is 28.2 Å². The van der Waals surface area contributed by atoms with E-state index in [1.807, 2.05) is 13.0 Å². The summed E-state index contributed by atoms with van der Waals surface area (Å²) in [6.07, 6.45) is 0. The van der Waals surface area contributed by atoms with E-state index in [1.54, 1.807) is 12.1 Å². The smallest absolute Gasteiger partial charge is 0.325 e. The molecule has 0 unspecified atom stereocenters. The number of aliphatic carboxylic acids is 1. The molecule has 0 bridgehead atoms. The molecule has 2 amide bonds. The van der Waals surface area contributed by atoms with E-state index in [9.17, 15) is 9.59 Å². The molecule has 0 aliphatic carbocycles. The van der Waals surface area contributed by atoms with Crippen molar-refractivity contribution in [3.63, 3.8) is 0 Å². The first-order valence-corrected chi connectivity index (χ1v) is 5.75. The van der Waals surface area contributed by atoms with Crippen molar-refractivity contribution >= 4 is 33.6 Å². The number of hydrogen-bond acceptors (Lipinski definition) is 2. The average molecular weight is 301 g/mol. The number of urea groups is 1. The van der Waals surface area contributed by atoms with E-state index < -0.39 is 18.0 Å². The second-order valence-electron chi connectivity index (χ2n) is 3.68.